The van der Waals surface area contributed by atoms with E-state index in [0.717, 1.165) is 34.5 Å². The van der Waals surface area contributed by atoms with E-state index in [1.165, 1.54) is 0 Å². The zero-order valence-electron chi connectivity index (χ0n) is 15.6. The monoisotopic (exact) mass is 526 g/mol. The van der Waals surface area contributed by atoms with Crippen LogP contribution >= 0.6 is 35.3 Å². The predicted molar refractivity (Wildman–Crippen MR) is 114 cm³/mol. The first-order valence-corrected chi connectivity index (χ1v) is 9.32. The van der Waals surface area contributed by atoms with Crippen LogP contribution in [-0.2, 0) is 12.7 Å². The predicted octanol–water partition coefficient (Wildman–Crippen LogP) is 4.75. The summed E-state index contributed by atoms with van der Waals surface area (Å²) < 4.78 is 44.0. The standard InChI is InChI=1S/C18H21F3N4OS.HI/c1-17(2)8-12(11-6-4-5-7-13(11)26-17)24-16(22-3)23-9-15-25-14(10-27-15)18(19,20)21;/h4-7,10,12H,8-9H2,1-3H3,(H2,22,23,24);1H. The van der Waals surface area contributed by atoms with Gasteiger partial charge in [0.2, 0.25) is 0 Å². The number of nitrogens with one attached hydrogen (secondary N) is 2. The number of ether oxygens (including phenoxy) is 1. The third-order valence-electron chi connectivity index (χ3n) is 4.16. The molecule has 154 valence electrons. The van der Waals surface area contributed by atoms with Gasteiger partial charge in [-0.25, -0.2) is 4.98 Å². The summed E-state index contributed by atoms with van der Waals surface area (Å²) in [7, 11) is 1.62. The van der Waals surface area contributed by atoms with Gasteiger partial charge >= 0.3 is 6.18 Å². The molecule has 1 aliphatic rings. The molecule has 0 radical (unpaired) electrons. The first-order chi connectivity index (χ1) is 12.7. The molecule has 0 bridgehead atoms. The van der Waals surface area contributed by atoms with Crippen LogP contribution in [0.5, 0.6) is 5.75 Å². The molecule has 1 unspecified atom stereocenters. The minimum atomic E-state index is -4.42. The fourth-order valence-corrected chi connectivity index (χ4v) is 3.71. The average molecular weight is 526 g/mol. The minimum Gasteiger partial charge on any atom is -0.487 e. The SMILES string of the molecule is CN=C(NCc1nc(C(F)(F)F)cs1)NC1CC(C)(C)Oc2ccccc21.I. The number of rotatable bonds is 3. The third-order valence-corrected chi connectivity index (χ3v) is 5.01. The highest BCUT2D eigenvalue weighted by molar-refractivity contribution is 14.0. The number of fused-ring (bicyclic) bond motifs is 1. The van der Waals surface area contributed by atoms with Gasteiger partial charge in [0.25, 0.3) is 0 Å². The smallest absolute Gasteiger partial charge is 0.434 e. The molecule has 1 aromatic heterocycles. The molecule has 1 aromatic carbocycles. The maximum atomic E-state index is 12.7. The lowest BCUT2D eigenvalue weighted by atomic mass is 9.90. The summed E-state index contributed by atoms with van der Waals surface area (Å²) in [5, 5.41) is 7.74. The maximum Gasteiger partial charge on any atom is 0.434 e. The molecule has 0 aliphatic carbocycles. The third kappa shape index (κ3) is 5.49. The Bertz CT molecular complexity index is 838. The van der Waals surface area contributed by atoms with Gasteiger partial charge in [0.05, 0.1) is 12.6 Å². The Morgan fingerprint density at radius 3 is 2.71 bits per heavy atom. The van der Waals surface area contributed by atoms with E-state index >= 15 is 0 Å². The fraction of sp³-hybridized carbons (Fsp3) is 0.444. The lowest BCUT2D eigenvalue weighted by Crippen LogP contribution is -2.45. The Balaban J connectivity index is 0.00000280. The van der Waals surface area contributed by atoms with Gasteiger partial charge in [-0.1, -0.05) is 18.2 Å². The summed E-state index contributed by atoms with van der Waals surface area (Å²) in [4.78, 5) is 7.80. The van der Waals surface area contributed by atoms with E-state index < -0.39 is 11.9 Å². The summed E-state index contributed by atoms with van der Waals surface area (Å²) in [6.45, 7) is 4.19. The Labute approximate surface area is 182 Å². The summed E-state index contributed by atoms with van der Waals surface area (Å²) in [5.74, 6) is 1.31. The van der Waals surface area contributed by atoms with E-state index in [0.29, 0.717) is 11.0 Å². The number of hydrogen-bond acceptors (Lipinski definition) is 4. The Kier molecular flexibility index (Phi) is 7.18. The van der Waals surface area contributed by atoms with Crippen molar-refractivity contribution in [1.82, 2.24) is 15.6 Å². The average Bonchev–Trinajstić information content (AvgIpc) is 3.06. The summed E-state index contributed by atoms with van der Waals surface area (Å²) in [5.41, 5.74) is -0.192. The number of thiazole rings is 1. The van der Waals surface area contributed by atoms with Crippen molar-refractivity contribution in [1.29, 1.82) is 0 Å². The van der Waals surface area contributed by atoms with Gasteiger partial charge in [-0.2, -0.15) is 13.2 Å². The first-order valence-electron chi connectivity index (χ1n) is 8.45. The topological polar surface area (TPSA) is 58.5 Å². The molecule has 2 aromatic rings. The number of halogens is 4. The van der Waals surface area contributed by atoms with Crippen molar-refractivity contribution in [2.24, 2.45) is 4.99 Å². The highest BCUT2D eigenvalue weighted by Gasteiger charge is 2.35. The molecule has 1 aliphatic heterocycles. The van der Waals surface area contributed by atoms with Crippen molar-refractivity contribution in [2.75, 3.05) is 7.05 Å². The van der Waals surface area contributed by atoms with Crippen LogP contribution in [0.15, 0.2) is 34.6 Å². The first kappa shape index (κ1) is 22.7. The Morgan fingerprint density at radius 2 is 2.07 bits per heavy atom. The van der Waals surface area contributed by atoms with E-state index in [1.54, 1.807) is 7.05 Å². The Hall–Kier alpha value is -1.56. The quantitative estimate of drug-likeness (QED) is 0.345. The van der Waals surface area contributed by atoms with Crippen molar-refractivity contribution in [3.05, 3.63) is 45.9 Å². The number of aliphatic imine (C=N–C) groups is 1. The van der Waals surface area contributed by atoms with Crippen LogP contribution in [0.2, 0.25) is 0 Å². The van der Waals surface area contributed by atoms with E-state index in [9.17, 15) is 13.2 Å². The van der Waals surface area contributed by atoms with E-state index in [1.807, 2.05) is 38.1 Å². The molecule has 0 amide bonds. The van der Waals surface area contributed by atoms with Gasteiger partial charge in [0.1, 0.15) is 16.4 Å². The number of alkyl halides is 3. The van der Waals surface area contributed by atoms with Gasteiger partial charge in [-0.05, 0) is 19.9 Å². The molecule has 0 spiro atoms. The molecule has 10 heteroatoms. The summed E-state index contributed by atoms with van der Waals surface area (Å²) in [6.07, 6.45) is -3.70. The molecule has 0 fully saturated rings. The van der Waals surface area contributed by atoms with Crippen molar-refractivity contribution in [3.8, 4) is 5.75 Å². The molecule has 0 saturated heterocycles. The normalized spacial score (nSPS) is 18.5. The highest BCUT2D eigenvalue weighted by Crippen LogP contribution is 2.39. The van der Waals surface area contributed by atoms with Crippen molar-refractivity contribution >= 4 is 41.3 Å². The van der Waals surface area contributed by atoms with Crippen LogP contribution < -0.4 is 15.4 Å². The zero-order valence-corrected chi connectivity index (χ0v) is 18.8. The molecule has 3 rings (SSSR count). The van der Waals surface area contributed by atoms with Gasteiger partial charge in [-0.3, -0.25) is 4.99 Å². The van der Waals surface area contributed by atoms with Crippen LogP contribution in [0.1, 0.15) is 42.6 Å². The van der Waals surface area contributed by atoms with Crippen LogP contribution in [0, 0.1) is 0 Å². The van der Waals surface area contributed by atoms with E-state index in [-0.39, 0.29) is 42.2 Å². The lowest BCUT2D eigenvalue weighted by molar-refractivity contribution is -0.140. The van der Waals surface area contributed by atoms with Crippen LogP contribution in [0.3, 0.4) is 0 Å². The largest absolute Gasteiger partial charge is 0.487 e. The van der Waals surface area contributed by atoms with Crippen LogP contribution in [0.25, 0.3) is 0 Å². The second kappa shape index (κ2) is 8.85. The number of hydrogen-bond donors (Lipinski definition) is 2. The summed E-state index contributed by atoms with van der Waals surface area (Å²) >= 11 is 0.967. The van der Waals surface area contributed by atoms with Crippen molar-refractivity contribution in [2.45, 2.75) is 44.6 Å². The van der Waals surface area contributed by atoms with Gasteiger partial charge < -0.3 is 15.4 Å². The van der Waals surface area contributed by atoms with Crippen molar-refractivity contribution in [3.63, 3.8) is 0 Å². The van der Waals surface area contributed by atoms with Crippen molar-refractivity contribution < 1.29 is 17.9 Å². The molecule has 28 heavy (non-hydrogen) atoms. The van der Waals surface area contributed by atoms with Gasteiger partial charge in [0, 0.05) is 24.4 Å². The van der Waals surface area contributed by atoms with Crippen LogP contribution in [0.4, 0.5) is 13.2 Å². The van der Waals surface area contributed by atoms with Gasteiger partial charge in [0.15, 0.2) is 11.7 Å². The van der Waals surface area contributed by atoms with E-state index in [4.69, 9.17) is 4.74 Å². The number of benzene rings is 1. The minimum absolute atomic E-state index is 0. The molecule has 0 saturated carbocycles. The molecule has 2 heterocycles. The molecule has 1 atom stereocenters. The second-order valence-electron chi connectivity index (χ2n) is 6.85. The molecule has 5 nitrogen and oxygen atoms in total. The second-order valence-corrected chi connectivity index (χ2v) is 7.79. The maximum absolute atomic E-state index is 12.7. The number of aromatic nitrogens is 1. The summed E-state index contributed by atoms with van der Waals surface area (Å²) in [6, 6.07) is 7.75. The van der Waals surface area contributed by atoms with E-state index in [2.05, 4.69) is 20.6 Å². The van der Waals surface area contributed by atoms with Crippen LogP contribution in [-0.4, -0.2) is 23.6 Å². The number of nitrogens with zero attached hydrogens (tertiary/aromatic N) is 2. The molecule has 2 N–H and O–H groups in total. The highest BCUT2D eigenvalue weighted by atomic mass is 127. The molecular weight excluding hydrogens is 504 g/mol. The van der Waals surface area contributed by atoms with Gasteiger partial charge in [-0.15, -0.1) is 35.3 Å². The number of guanidine groups is 1. The molecular formula is C18H22F3IN4OS. The zero-order chi connectivity index (χ0) is 19.7. The lowest BCUT2D eigenvalue weighted by Gasteiger charge is -2.38. The Morgan fingerprint density at radius 1 is 1.36 bits per heavy atom. The number of para-hydroxylation sites is 1. The fourth-order valence-electron chi connectivity index (χ4n) is 2.97.